The van der Waals surface area contributed by atoms with E-state index in [4.69, 9.17) is 5.11 Å². The number of rotatable bonds is 7. The molecular weight excluding hydrogens is 258 g/mol. The molecular formula is C14H27N3O3. The van der Waals surface area contributed by atoms with E-state index in [1.807, 2.05) is 6.92 Å². The summed E-state index contributed by atoms with van der Waals surface area (Å²) in [6.07, 6.45) is 3.46. The van der Waals surface area contributed by atoms with Gasteiger partial charge in [0.25, 0.3) is 0 Å². The molecule has 0 aromatic heterocycles. The molecule has 1 fully saturated rings. The molecule has 0 radical (unpaired) electrons. The van der Waals surface area contributed by atoms with Crippen LogP contribution in [0.5, 0.6) is 0 Å². The topological polar surface area (TPSA) is 72.9 Å². The molecule has 1 aliphatic heterocycles. The molecule has 20 heavy (non-hydrogen) atoms. The fraction of sp³-hybridized carbons (Fsp3) is 0.857. The summed E-state index contributed by atoms with van der Waals surface area (Å²) in [6, 6.07) is -0.695. The first kappa shape index (κ1) is 16.8. The largest absolute Gasteiger partial charge is 0.480 e. The van der Waals surface area contributed by atoms with Crippen molar-refractivity contribution >= 4 is 12.0 Å². The molecule has 1 heterocycles. The molecule has 0 aliphatic carbocycles. The molecule has 0 spiro atoms. The summed E-state index contributed by atoms with van der Waals surface area (Å²) in [4.78, 5) is 27.1. The molecule has 0 aromatic carbocycles. The fourth-order valence-electron chi connectivity index (χ4n) is 2.72. The number of likely N-dealkylation sites (tertiary alicyclic amines) is 1. The van der Waals surface area contributed by atoms with Crippen LogP contribution in [-0.4, -0.2) is 65.7 Å². The van der Waals surface area contributed by atoms with Crippen molar-refractivity contribution in [1.82, 2.24) is 15.1 Å². The zero-order valence-electron chi connectivity index (χ0n) is 12.8. The normalized spacial score (nSPS) is 20.6. The number of nitrogens with one attached hydrogen (secondary N) is 1. The minimum atomic E-state index is -0.968. The molecule has 116 valence electrons. The van der Waals surface area contributed by atoms with Crippen molar-refractivity contribution in [1.29, 1.82) is 0 Å². The fourth-order valence-corrected chi connectivity index (χ4v) is 2.72. The highest BCUT2D eigenvalue weighted by Crippen LogP contribution is 2.17. The summed E-state index contributed by atoms with van der Waals surface area (Å²) in [7, 11) is 1.73. The van der Waals surface area contributed by atoms with Crippen molar-refractivity contribution in [2.45, 2.75) is 51.6 Å². The second kappa shape index (κ2) is 8.09. The van der Waals surface area contributed by atoms with Crippen LogP contribution >= 0.6 is 0 Å². The second-order valence-corrected chi connectivity index (χ2v) is 5.43. The minimum Gasteiger partial charge on any atom is -0.480 e. The van der Waals surface area contributed by atoms with Crippen molar-refractivity contribution in [3.8, 4) is 0 Å². The van der Waals surface area contributed by atoms with Gasteiger partial charge in [0.15, 0.2) is 0 Å². The van der Waals surface area contributed by atoms with Gasteiger partial charge in [-0.05, 0) is 32.4 Å². The smallest absolute Gasteiger partial charge is 0.326 e. The predicted octanol–water partition coefficient (Wildman–Crippen LogP) is 1.37. The Hall–Kier alpha value is -1.30. The van der Waals surface area contributed by atoms with Crippen LogP contribution in [0, 0.1) is 0 Å². The molecule has 0 saturated carbocycles. The number of hydrogen-bond donors (Lipinski definition) is 2. The SMILES string of the molecule is CCCC(NC(=O)N(C)CC1CCCN1CC)C(=O)O. The Bertz CT molecular complexity index is 336. The average Bonchev–Trinajstić information content (AvgIpc) is 2.85. The van der Waals surface area contributed by atoms with Crippen LogP contribution in [0.25, 0.3) is 0 Å². The molecule has 1 rings (SSSR count). The number of likely N-dealkylation sites (N-methyl/N-ethyl adjacent to an activating group) is 2. The van der Waals surface area contributed by atoms with Gasteiger partial charge in [-0.3, -0.25) is 4.90 Å². The first-order valence-corrected chi connectivity index (χ1v) is 7.48. The second-order valence-electron chi connectivity index (χ2n) is 5.43. The number of carbonyl (C=O) groups excluding carboxylic acids is 1. The first-order chi connectivity index (χ1) is 9.49. The summed E-state index contributed by atoms with van der Waals surface area (Å²) < 4.78 is 0. The van der Waals surface area contributed by atoms with Gasteiger partial charge in [0.05, 0.1) is 0 Å². The Morgan fingerprint density at radius 3 is 2.70 bits per heavy atom. The van der Waals surface area contributed by atoms with Crippen LogP contribution in [0.1, 0.15) is 39.5 Å². The third-order valence-electron chi connectivity index (χ3n) is 3.91. The van der Waals surface area contributed by atoms with E-state index in [1.54, 1.807) is 11.9 Å². The molecule has 1 saturated heterocycles. The van der Waals surface area contributed by atoms with Gasteiger partial charge in [-0.15, -0.1) is 0 Å². The van der Waals surface area contributed by atoms with E-state index >= 15 is 0 Å². The van der Waals surface area contributed by atoms with Crippen LogP contribution in [0.4, 0.5) is 4.79 Å². The van der Waals surface area contributed by atoms with Gasteiger partial charge >= 0.3 is 12.0 Å². The Balaban J connectivity index is 2.47. The predicted molar refractivity (Wildman–Crippen MR) is 77.8 cm³/mol. The lowest BCUT2D eigenvalue weighted by molar-refractivity contribution is -0.139. The van der Waals surface area contributed by atoms with Crippen molar-refractivity contribution in [3.05, 3.63) is 0 Å². The number of aliphatic carboxylic acids is 1. The molecule has 6 nitrogen and oxygen atoms in total. The van der Waals surface area contributed by atoms with Gasteiger partial charge in [0.2, 0.25) is 0 Å². The van der Waals surface area contributed by atoms with E-state index in [0.717, 1.165) is 25.9 Å². The summed E-state index contributed by atoms with van der Waals surface area (Å²) in [5.74, 6) is -0.968. The number of carboxylic acid groups (broad SMARTS) is 1. The van der Waals surface area contributed by atoms with Crippen molar-refractivity contribution in [2.24, 2.45) is 0 Å². The maximum absolute atomic E-state index is 12.0. The quantitative estimate of drug-likeness (QED) is 0.741. The highest BCUT2D eigenvalue weighted by molar-refractivity contribution is 5.82. The Morgan fingerprint density at radius 2 is 2.15 bits per heavy atom. The maximum Gasteiger partial charge on any atom is 0.326 e. The van der Waals surface area contributed by atoms with Crippen molar-refractivity contribution < 1.29 is 14.7 Å². The van der Waals surface area contributed by atoms with Crippen LogP contribution < -0.4 is 5.32 Å². The van der Waals surface area contributed by atoms with Gasteiger partial charge in [-0.1, -0.05) is 20.3 Å². The third-order valence-corrected chi connectivity index (χ3v) is 3.91. The summed E-state index contributed by atoms with van der Waals surface area (Å²) in [5, 5.41) is 11.7. The van der Waals surface area contributed by atoms with E-state index in [1.165, 1.54) is 6.42 Å². The van der Waals surface area contributed by atoms with E-state index < -0.39 is 12.0 Å². The third kappa shape index (κ3) is 4.67. The van der Waals surface area contributed by atoms with E-state index in [0.29, 0.717) is 19.0 Å². The number of nitrogens with zero attached hydrogens (tertiary/aromatic N) is 2. The van der Waals surface area contributed by atoms with E-state index in [2.05, 4.69) is 17.1 Å². The molecule has 2 amide bonds. The Morgan fingerprint density at radius 1 is 1.45 bits per heavy atom. The van der Waals surface area contributed by atoms with Gasteiger partial charge in [-0.2, -0.15) is 0 Å². The summed E-state index contributed by atoms with van der Waals surface area (Å²) in [6.45, 7) is 6.76. The Kier molecular flexibility index (Phi) is 6.78. The molecule has 6 heteroatoms. The molecule has 0 bridgehead atoms. The number of amides is 2. The highest BCUT2D eigenvalue weighted by Gasteiger charge is 2.27. The van der Waals surface area contributed by atoms with Crippen LogP contribution in [0.2, 0.25) is 0 Å². The van der Waals surface area contributed by atoms with Crippen molar-refractivity contribution in [3.63, 3.8) is 0 Å². The molecule has 0 aromatic rings. The van der Waals surface area contributed by atoms with Gasteiger partial charge in [0, 0.05) is 19.6 Å². The van der Waals surface area contributed by atoms with E-state index in [9.17, 15) is 9.59 Å². The summed E-state index contributed by atoms with van der Waals surface area (Å²) >= 11 is 0. The average molecular weight is 285 g/mol. The molecule has 1 aliphatic rings. The zero-order chi connectivity index (χ0) is 15.1. The van der Waals surface area contributed by atoms with Crippen LogP contribution in [0.15, 0.2) is 0 Å². The number of carboxylic acids is 1. The van der Waals surface area contributed by atoms with Gasteiger partial charge < -0.3 is 15.3 Å². The minimum absolute atomic E-state index is 0.297. The lowest BCUT2D eigenvalue weighted by Gasteiger charge is -2.28. The van der Waals surface area contributed by atoms with Gasteiger partial charge in [0.1, 0.15) is 6.04 Å². The zero-order valence-corrected chi connectivity index (χ0v) is 12.8. The first-order valence-electron chi connectivity index (χ1n) is 7.48. The van der Waals surface area contributed by atoms with Crippen LogP contribution in [0.3, 0.4) is 0 Å². The lowest BCUT2D eigenvalue weighted by Crippen LogP contribution is -2.49. The molecule has 2 N–H and O–H groups in total. The Labute approximate surface area is 121 Å². The number of hydrogen-bond acceptors (Lipinski definition) is 3. The number of carbonyl (C=O) groups is 2. The highest BCUT2D eigenvalue weighted by atomic mass is 16.4. The number of urea groups is 1. The standard InChI is InChI=1S/C14H27N3O3/c1-4-7-12(13(18)19)15-14(20)16(3)10-11-8-6-9-17(11)5-2/h11-12H,4-10H2,1-3H3,(H,15,20)(H,18,19). The summed E-state index contributed by atoms with van der Waals surface area (Å²) in [5.41, 5.74) is 0. The van der Waals surface area contributed by atoms with E-state index in [-0.39, 0.29) is 6.03 Å². The lowest BCUT2D eigenvalue weighted by atomic mass is 10.2. The van der Waals surface area contributed by atoms with Crippen molar-refractivity contribution in [2.75, 3.05) is 26.7 Å². The molecule has 2 atom stereocenters. The van der Waals surface area contributed by atoms with Crippen LogP contribution in [-0.2, 0) is 4.79 Å². The molecule has 2 unspecified atom stereocenters. The maximum atomic E-state index is 12.0. The van der Waals surface area contributed by atoms with Gasteiger partial charge in [-0.25, -0.2) is 9.59 Å². The monoisotopic (exact) mass is 285 g/mol.